The zero-order chi connectivity index (χ0) is 12.6. The summed E-state index contributed by atoms with van der Waals surface area (Å²) in [7, 11) is 0. The lowest BCUT2D eigenvalue weighted by molar-refractivity contribution is -0.385. The molecule has 0 amide bonds. The van der Waals surface area contributed by atoms with Crippen LogP contribution in [0.5, 0.6) is 0 Å². The van der Waals surface area contributed by atoms with Crippen molar-refractivity contribution in [1.82, 2.24) is 0 Å². The molecule has 0 unspecified atom stereocenters. The molecule has 0 aliphatic heterocycles. The number of halogens is 2. The van der Waals surface area contributed by atoms with Crippen LogP contribution >= 0.6 is 11.6 Å². The molecule has 0 atom stereocenters. The van der Waals surface area contributed by atoms with Crippen molar-refractivity contribution >= 4 is 23.1 Å². The molecule has 6 heteroatoms. The minimum absolute atomic E-state index is 0.00616. The highest BCUT2D eigenvalue weighted by molar-refractivity contribution is 6.31. The first-order chi connectivity index (χ1) is 7.99. The highest BCUT2D eigenvalue weighted by Crippen LogP contribution is 2.33. The predicted molar refractivity (Wildman–Crippen MR) is 59.5 cm³/mol. The van der Waals surface area contributed by atoms with E-state index < -0.39 is 10.7 Å². The van der Waals surface area contributed by atoms with Gasteiger partial charge in [-0.05, 0) is 18.9 Å². The van der Waals surface area contributed by atoms with Crippen LogP contribution in [0.4, 0.5) is 10.1 Å². The molecule has 1 aromatic carbocycles. The number of rotatable bonds is 4. The normalized spacial score (nSPS) is 14.7. The van der Waals surface area contributed by atoms with E-state index in [1.165, 1.54) is 0 Å². The van der Waals surface area contributed by atoms with Crippen LogP contribution in [0.1, 0.15) is 18.4 Å². The van der Waals surface area contributed by atoms with E-state index >= 15 is 0 Å². The lowest BCUT2D eigenvalue weighted by atomic mass is 10.0. The van der Waals surface area contributed by atoms with E-state index in [0.717, 1.165) is 25.0 Å². The summed E-state index contributed by atoms with van der Waals surface area (Å²) in [6.07, 6.45) is 1.54. The highest BCUT2D eigenvalue weighted by Gasteiger charge is 2.31. The van der Waals surface area contributed by atoms with Crippen molar-refractivity contribution < 1.29 is 14.1 Å². The Morgan fingerprint density at radius 2 is 2.18 bits per heavy atom. The molecule has 1 aliphatic carbocycles. The van der Waals surface area contributed by atoms with Gasteiger partial charge in [0.1, 0.15) is 11.6 Å². The van der Waals surface area contributed by atoms with Gasteiger partial charge in [-0.2, -0.15) is 0 Å². The number of carbonyl (C=O) groups is 1. The molecule has 1 aromatic rings. The van der Waals surface area contributed by atoms with Gasteiger partial charge in [-0.25, -0.2) is 4.39 Å². The Hall–Kier alpha value is -1.49. The Labute approximate surface area is 102 Å². The Morgan fingerprint density at radius 3 is 2.71 bits per heavy atom. The maximum atomic E-state index is 13.2. The smallest absolute Gasteiger partial charge is 0.274 e. The molecule has 2 rings (SSSR count). The number of Topliss-reactive ketones (excluding diaryl/α,β-unsaturated/α-hetero) is 1. The van der Waals surface area contributed by atoms with Gasteiger partial charge >= 0.3 is 0 Å². The van der Waals surface area contributed by atoms with Gasteiger partial charge in [-0.3, -0.25) is 14.9 Å². The molecule has 0 radical (unpaired) electrons. The molecule has 4 nitrogen and oxygen atoms in total. The average molecular weight is 258 g/mol. The van der Waals surface area contributed by atoms with E-state index in [0.29, 0.717) is 0 Å². The fourth-order valence-electron chi connectivity index (χ4n) is 1.63. The number of hydrogen-bond donors (Lipinski definition) is 0. The first-order valence-electron chi connectivity index (χ1n) is 5.14. The maximum absolute atomic E-state index is 13.2. The minimum Gasteiger partial charge on any atom is -0.299 e. The molecule has 0 N–H and O–H groups in total. The first-order valence-corrected chi connectivity index (χ1v) is 5.52. The van der Waals surface area contributed by atoms with Crippen molar-refractivity contribution in [2.45, 2.75) is 19.3 Å². The van der Waals surface area contributed by atoms with Crippen LogP contribution in [0, 0.1) is 21.8 Å². The number of nitro groups is 1. The van der Waals surface area contributed by atoms with Crippen LogP contribution in [0.15, 0.2) is 12.1 Å². The third-order valence-corrected chi connectivity index (χ3v) is 3.01. The summed E-state index contributed by atoms with van der Waals surface area (Å²) >= 11 is 5.48. The van der Waals surface area contributed by atoms with E-state index in [1.807, 2.05) is 0 Å². The van der Waals surface area contributed by atoms with E-state index in [-0.39, 0.29) is 34.4 Å². The summed E-state index contributed by atoms with van der Waals surface area (Å²) in [6, 6.07) is 1.92. The fourth-order valence-corrected chi connectivity index (χ4v) is 1.78. The summed E-state index contributed by atoms with van der Waals surface area (Å²) in [5.74, 6) is -0.820. The monoisotopic (exact) mass is 257 g/mol. The molecule has 0 spiro atoms. The number of carbonyl (C=O) groups excluding carboxylic acids is 1. The van der Waals surface area contributed by atoms with Crippen molar-refractivity contribution in [3.63, 3.8) is 0 Å². The van der Waals surface area contributed by atoms with Crippen molar-refractivity contribution in [2.24, 2.45) is 5.92 Å². The SMILES string of the molecule is O=C(Cc1cc(F)c(Cl)cc1[N+](=O)[O-])C1CC1. The Morgan fingerprint density at radius 1 is 1.53 bits per heavy atom. The third kappa shape index (κ3) is 2.61. The molecule has 1 fully saturated rings. The summed E-state index contributed by atoms with van der Waals surface area (Å²) in [4.78, 5) is 21.7. The summed E-state index contributed by atoms with van der Waals surface area (Å²) in [5, 5.41) is 10.5. The maximum Gasteiger partial charge on any atom is 0.274 e. The number of hydrogen-bond acceptors (Lipinski definition) is 3. The number of ketones is 1. The van der Waals surface area contributed by atoms with Crippen molar-refractivity contribution in [3.8, 4) is 0 Å². The summed E-state index contributed by atoms with van der Waals surface area (Å²) in [6.45, 7) is 0. The largest absolute Gasteiger partial charge is 0.299 e. The van der Waals surface area contributed by atoms with Gasteiger partial charge in [0.15, 0.2) is 0 Å². The lowest BCUT2D eigenvalue weighted by Gasteiger charge is -2.03. The minimum atomic E-state index is -0.740. The first kappa shape index (κ1) is 12.0. The van der Waals surface area contributed by atoms with Crippen LogP contribution in [0.2, 0.25) is 5.02 Å². The van der Waals surface area contributed by atoms with E-state index in [2.05, 4.69) is 0 Å². The van der Waals surface area contributed by atoms with Gasteiger partial charge in [-0.1, -0.05) is 11.6 Å². The van der Waals surface area contributed by atoms with Crippen LogP contribution in [0.25, 0.3) is 0 Å². The van der Waals surface area contributed by atoms with Crippen LogP contribution in [0.3, 0.4) is 0 Å². The second-order valence-electron chi connectivity index (χ2n) is 4.07. The molecule has 0 saturated heterocycles. The quantitative estimate of drug-likeness (QED) is 0.615. The second-order valence-corrected chi connectivity index (χ2v) is 4.48. The second kappa shape index (κ2) is 4.41. The molecule has 1 saturated carbocycles. The average Bonchev–Trinajstić information content (AvgIpc) is 3.06. The number of benzene rings is 1. The Balaban J connectivity index is 2.33. The van der Waals surface area contributed by atoms with Crippen LogP contribution in [-0.2, 0) is 11.2 Å². The third-order valence-electron chi connectivity index (χ3n) is 2.72. The topological polar surface area (TPSA) is 60.2 Å². The molecule has 0 aromatic heterocycles. The van der Waals surface area contributed by atoms with Crippen LogP contribution in [-0.4, -0.2) is 10.7 Å². The predicted octanol–water partition coefficient (Wildman–Crippen LogP) is 2.91. The van der Waals surface area contributed by atoms with Gasteiger partial charge in [0, 0.05) is 24.0 Å². The van der Waals surface area contributed by atoms with Crippen molar-refractivity contribution in [1.29, 1.82) is 0 Å². The zero-order valence-electron chi connectivity index (χ0n) is 8.78. The van der Waals surface area contributed by atoms with Gasteiger partial charge in [0.2, 0.25) is 0 Å². The molecule has 17 heavy (non-hydrogen) atoms. The van der Waals surface area contributed by atoms with E-state index in [1.54, 1.807) is 0 Å². The number of nitro benzene ring substituents is 1. The van der Waals surface area contributed by atoms with Gasteiger partial charge in [0.25, 0.3) is 5.69 Å². The molecular formula is C11H9ClFNO3. The van der Waals surface area contributed by atoms with E-state index in [4.69, 9.17) is 11.6 Å². The highest BCUT2D eigenvalue weighted by atomic mass is 35.5. The zero-order valence-corrected chi connectivity index (χ0v) is 9.54. The van der Waals surface area contributed by atoms with E-state index in [9.17, 15) is 19.3 Å². The van der Waals surface area contributed by atoms with Crippen molar-refractivity contribution in [3.05, 3.63) is 38.7 Å². The summed E-state index contributed by atoms with van der Waals surface area (Å²) in [5.41, 5.74) is -0.209. The van der Waals surface area contributed by atoms with Gasteiger partial charge in [0.05, 0.1) is 9.95 Å². The standard InChI is InChI=1S/C11H9ClFNO3/c12-8-5-10(14(16)17)7(3-9(8)13)4-11(15)6-1-2-6/h3,5-6H,1-2,4H2. The van der Waals surface area contributed by atoms with Gasteiger partial charge in [-0.15, -0.1) is 0 Å². The summed E-state index contributed by atoms with van der Waals surface area (Å²) < 4.78 is 13.2. The Bertz CT molecular complexity index is 500. The van der Waals surface area contributed by atoms with Gasteiger partial charge < -0.3 is 0 Å². The number of nitrogens with zero attached hydrogens (tertiary/aromatic N) is 1. The lowest BCUT2D eigenvalue weighted by Crippen LogP contribution is -2.07. The fraction of sp³-hybridized carbons (Fsp3) is 0.364. The van der Waals surface area contributed by atoms with Crippen LogP contribution < -0.4 is 0 Å². The molecule has 1 aliphatic rings. The Kier molecular flexibility index (Phi) is 3.11. The molecule has 90 valence electrons. The molecule has 0 bridgehead atoms. The molecule has 0 heterocycles. The van der Waals surface area contributed by atoms with Crippen molar-refractivity contribution in [2.75, 3.05) is 0 Å². The molecular weight excluding hydrogens is 249 g/mol.